The van der Waals surface area contributed by atoms with Gasteiger partial charge in [0.2, 0.25) is 0 Å². The number of benzene rings is 2. The highest BCUT2D eigenvalue weighted by Gasteiger charge is 2.14. The van der Waals surface area contributed by atoms with Crippen LogP contribution in [0.2, 0.25) is 0 Å². The van der Waals surface area contributed by atoms with Crippen molar-refractivity contribution in [2.75, 3.05) is 18.1 Å². The number of ether oxygens (including phenoxy) is 1. The van der Waals surface area contributed by atoms with Gasteiger partial charge in [-0.1, -0.05) is 30.3 Å². The van der Waals surface area contributed by atoms with Gasteiger partial charge in [0.15, 0.2) is 6.61 Å². The van der Waals surface area contributed by atoms with Gasteiger partial charge in [0, 0.05) is 12.2 Å². The molecule has 0 atom stereocenters. The van der Waals surface area contributed by atoms with Crippen LogP contribution in [0.4, 0.5) is 5.69 Å². The maximum atomic E-state index is 12.3. The average Bonchev–Trinajstić information content (AvgIpc) is 2.50. The number of anilines is 1. The van der Waals surface area contributed by atoms with E-state index in [9.17, 15) is 4.79 Å². The fourth-order valence-electron chi connectivity index (χ4n) is 2.19. The second kappa shape index (κ2) is 6.93. The Morgan fingerprint density at radius 1 is 1.10 bits per heavy atom. The molecule has 0 aliphatic rings. The number of rotatable bonds is 5. The molecule has 0 bridgehead atoms. The third kappa shape index (κ3) is 3.85. The Hall–Kier alpha value is -2.29. The lowest BCUT2D eigenvalue weighted by Crippen LogP contribution is -2.34. The van der Waals surface area contributed by atoms with Crippen LogP contribution in [0.5, 0.6) is 5.75 Å². The molecule has 2 aromatic carbocycles. The van der Waals surface area contributed by atoms with E-state index in [1.165, 1.54) is 0 Å². The van der Waals surface area contributed by atoms with Crippen LogP contribution in [0.15, 0.2) is 48.5 Å². The molecular weight excluding hydrogens is 262 g/mol. The molecule has 0 unspecified atom stereocenters. The van der Waals surface area contributed by atoms with Crippen LogP contribution < -0.4 is 9.64 Å². The van der Waals surface area contributed by atoms with Crippen molar-refractivity contribution in [3.05, 3.63) is 59.7 Å². The molecule has 0 saturated heterocycles. The summed E-state index contributed by atoms with van der Waals surface area (Å²) in [6.45, 7) is 6.62. The minimum absolute atomic E-state index is 0.0374. The number of hydrogen-bond donors (Lipinski definition) is 0. The van der Waals surface area contributed by atoms with Gasteiger partial charge in [-0.3, -0.25) is 4.79 Å². The zero-order chi connectivity index (χ0) is 15.2. The third-order valence-corrected chi connectivity index (χ3v) is 3.38. The third-order valence-electron chi connectivity index (χ3n) is 3.38. The van der Waals surface area contributed by atoms with Gasteiger partial charge in [-0.05, 0) is 50.1 Å². The first-order chi connectivity index (χ1) is 10.1. The van der Waals surface area contributed by atoms with E-state index in [0.717, 1.165) is 22.6 Å². The first-order valence-electron chi connectivity index (χ1n) is 7.17. The summed E-state index contributed by atoms with van der Waals surface area (Å²) in [6.07, 6.45) is 0. The van der Waals surface area contributed by atoms with Crippen LogP contribution in [-0.4, -0.2) is 19.1 Å². The summed E-state index contributed by atoms with van der Waals surface area (Å²) in [5, 5.41) is 0. The molecule has 0 aliphatic heterocycles. The van der Waals surface area contributed by atoms with Crippen molar-refractivity contribution in [1.29, 1.82) is 0 Å². The van der Waals surface area contributed by atoms with Crippen molar-refractivity contribution in [2.24, 2.45) is 0 Å². The minimum atomic E-state index is -0.0374. The zero-order valence-corrected chi connectivity index (χ0v) is 12.8. The number of carbonyl (C=O) groups excluding carboxylic acids is 1. The number of hydrogen-bond acceptors (Lipinski definition) is 2. The molecule has 0 fully saturated rings. The number of aryl methyl sites for hydroxylation is 2. The quantitative estimate of drug-likeness (QED) is 0.836. The molecule has 0 aromatic heterocycles. The van der Waals surface area contributed by atoms with Crippen LogP contribution in [-0.2, 0) is 4.79 Å². The summed E-state index contributed by atoms with van der Waals surface area (Å²) in [5.41, 5.74) is 3.06. The largest absolute Gasteiger partial charge is 0.483 e. The van der Waals surface area contributed by atoms with Crippen molar-refractivity contribution in [2.45, 2.75) is 20.8 Å². The summed E-state index contributed by atoms with van der Waals surface area (Å²) >= 11 is 0. The average molecular weight is 283 g/mol. The Bertz CT molecular complexity index is 608. The Balaban J connectivity index is 2.05. The van der Waals surface area contributed by atoms with E-state index in [1.54, 1.807) is 4.90 Å². The van der Waals surface area contributed by atoms with Gasteiger partial charge >= 0.3 is 0 Å². The summed E-state index contributed by atoms with van der Waals surface area (Å²) in [7, 11) is 0. The van der Waals surface area contributed by atoms with Gasteiger partial charge in [0.05, 0.1) is 0 Å². The molecule has 0 spiro atoms. The Labute approximate surface area is 126 Å². The van der Waals surface area contributed by atoms with E-state index >= 15 is 0 Å². The fourth-order valence-corrected chi connectivity index (χ4v) is 2.19. The van der Waals surface area contributed by atoms with Crippen molar-refractivity contribution >= 4 is 11.6 Å². The highest BCUT2D eigenvalue weighted by molar-refractivity contribution is 5.94. The van der Waals surface area contributed by atoms with Crippen LogP contribution in [0, 0.1) is 13.8 Å². The normalized spacial score (nSPS) is 10.2. The lowest BCUT2D eigenvalue weighted by Gasteiger charge is -2.21. The van der Waals surface area contributed by atoms with Gasteiger partial charge < -0.3 is 9.64 Å². The molecule has 0 saturated carbocycles. The molecule has 110 valence electrons. The van der Waals surface area contributed by atoms with E-state index in [4.69, 9.17) is 4.74 Å². The summed E-state index contributed by atoms with van der Waals surface area (Å²) in [5.74, 6) is 0.733. The highest BCUT2D eigenvalue weighted by atomic mass is 16.5. The summed E-state index contributed by atoms with van der Waals surface area (Å²) in [6, 6.07) is 15.7. The number of nitrogens with zero attached hydrogens (tertiary/aromatic N) is 1. The van der Waals surface area contributed by atoms with Gasteiger partial charge in [-0.2, -0.15) is 0 Å². The predicted octanol–water partition coefficient (Wildman–Crippen LogP) is 3.74. The maximum Gasteiger partial charge on any atom is 0.264 e. The Morgan fingerprint density at radius 2 is 1.81 bits per heavy atom. The van der Waals surface area contributed by atoms with E-state index in [2.05, 4.69) is 0 Å². The molecule has 0 N–H and O–H groups in total. The van der Waals surface area contributed by atoms with Gasteiger partial charge in [0.1, 0.15) is 5.75 Å². The SMILES string of the molecule is CCN(C(=O)COc1cc(C)ccc1C)c1ccccc1. The predicted molar refractivity (Wildman–Crippen MR) is 85.9 cm³/mol. The second-order valence-corrected chi connectivity index (χ2v) is 5.03. The molecule has 1 amide bonds. The molecular formula is C18H21NO2. The molecule has 21 heavy (non-hydrogen) atoms. The lowest BCUT2D eigenvalue weighted by atomic mass is 10.1. The molecule has 0 aliphatic carbocycles. The smallest absolute Gasteiger partial charge is 0.264 e. The molecule has 2 aromatic rings. The standard InChI is InChI=1S/C18H21NO2/c1-4-19(16-8-6-5-7-9-16)18(20)13-21-17-12-14(2)10-11-15(17)3/h5-12H,4,13H2,1-3H3. The van der Waals surface area contributed by atoms with E-state index in [1.807, 2.05) is 69.3 Å². The Kier molecular flexibility index (Phi) is 4.99. The van der Waals surface area contributed by atoms with Crippen LogP contribution in [0.1, 0.15) is 18.1 Å². The fraction of sp³-hybridized carbons (Fsp3) is 0.278. The van der Waals surface area contributed by atoms with Crippen LogP contribution in [0.3, 0.4) is 0 Å². The van der Waals surface area contributed by atoms with Crippen molar-refractivity contribution in [3.63, 3.8) is 0 Å². The monoisotopic (exact) mass is 283 g/mol. The zero-order valence-electron chi connectivity index (χ0n) is 12.8. The van der Waals surface area contributed by atoms with E-state index in [-0.39, 0.29) is 12.5 Å². The Morgan fingerprint density at radius 3 is 2.48 bits per heavy atom. The van der Waals surface area contributed by atoms with E-state index in [0.29, 0.717) is 6.54 Å². The molecule has 0 heterocycles. The van der Waals surface area contributed by atoms with Crippen molar-refractivity contribution in [3.8, 4) is 5.75 Å². The topological polar surface area (TPSA) is 29.5 Å². The maximum absolute atomic E-state index is 12.3. The molecule has 2 rings (SSSR count). The lowest BCUT2D eigenvalue weighted by molar-refractivity contribution is -0.120. The minimum Gasteiger partial charge on any atom is -0.483 e. The number of likely N-dealkylation sites (N-methyl/N-ethyl adjacent to an activating group) is 1. The van der Waals surface area contributed by atoms with Crippen LogP contribution in [0.25, 0.3) is 0 Å². The number of carbonyl (C=O) groups is 1. The van der Waals surface area contributed by atoms with Crippen molar-refractivity contribution in [1.82, 2.24) is 0 Å². The molecule has 0 radical (unpaired) electrons. The highest BCUT2D eigenvalue weighted by Crippen LogP contribution is 2.20. The van der Waals surface area contributed by atoms with E-state index < -0.39 is 0 Å². The number of para-hydroxylation sites is 1. The van der Waals surface area contributed by atoms with Gasteiger partial charge in [-0.15, -0.1) is 0 Å². The second-order valence-electron chi connectivity index (χ2n) is 5.03. The summed E-state index contributed by atoms with van der Waals surface area (Å²) in [4.78, 5) is 14.1. The van der Waals surface area contributed by atoms with Gasteiger partial charge in [0.25, 0.3) is 5.91 Å². The first-order valence-corrected chi connectivity index (χ1v) is 7.17. The molecule has 3 nitrogen and oxygen atoms in total. The number of amides is 1. The summed E-state index contributed by atoms with van der Waals surface area (Å²) < 4.78 is 5.69. The van der Waals surface area contributed by atoms with Gasteiger partial charge in [-0.25, -0.2) is 0 Å². The van der Waals surface area contributed by atoms with Crippen molar-refractivity contribution < 1.29 is 9.53 Å². The first kappa shape index (κ1) is 15.1. The molecule has 3 heteroatoms. The van der Waals surface area contributed by atoms with Crippen LogP contribution >= 0.6 is 0 Å².